The van der Waals surface area contributed by atoms with Crippen molar-refractivity contribution in [2.75, 3.05) is 0 Å². The second kappa shape index (κ2) is 7.94. The first-order valence-electron chi connectivity index (χ1n) is 11.4. The molecule has 0 saturated heterocycles. The van der Waals surface area contributed by atoms with Crippen LogP contribution in [0.3, 0.4) is 0 Å². The third kappa shape index (κ3) is 4.08. The highest BCUT2D eigenvalue weighted by Crippen LogP contribution is 2.58. The lowest BCUT2D eigenvalue weighted by atomic mass is 9.63. The Labute approximate surface area is 165 Å². The van der Waals surface area contributed by atoms with E-state index in [9.17, 15) is 4.79 Å². The Balaban J connectivity index is 1.43. The monoisotopic (exact) mass is 364 g/mol. The Morgan fingerprint density at radius 1 is 1.07 bits per heavy atom. The summed E-state index contributed by atoms with van der Waals surface area (Å²) in [4.78, 5) is 11.9. The van der Waals surface area contributed by atoms with Crippen molar-refractivity contribution in [2.24, 2.45) is 23.2 Å². The third-order valence-electron chi connectivity index (χ3n) is 7.97. The molecule has 0 aromatic rings. The molecule has 0 N–H and O–H groups in total. The van der Waals surface area contributed by atoms with Crippen LogP contribution in [0.5, 0.6) is 0 Å². The van der Waals surface area contributed by atoms with Crippen LogP contribution in [0.15, 0.2) is 47.6 Å². The minimum atomic E-state index is 0.361. The molecule has 0 unspecified atom stereocenters. The number of allylic oxidation sites excluding steroid dienone is 7. The minimum absolute atomic E-state index is 0.361. The molecule has 4 aliphatic rings. The molecule has 0 aromatic heterocycles. The molecule has 0 spiro atoms. The van der Waals surface area contributed by atoms with Gasteiger partial charge in [0.05, 0.1) is 0 Å². The van der Waals surface area contributed by atoms with Crippen LogP contribution in [-0.4, -0.2) is 5.78 Å². The predicted octanol–water partition coefficient (Wildman–Crippen LogP) is 7.11. The molecule has 1 nitrogen and oxygen atoms in total. The lowest BCUT2D eigenvalue weighted by molar-refractivity contribution is -0.115. The van der Waals surface area contributed by atoms with Gasteiger partial charge >= 0.3 is 0 Å². The molecule has 1 heteroatoms. The second-order valence-electron chi connectivity index (χ2n) is 9.75. The van der Waals surface area contributed by atoms with Crippen LogP contribution in [0.4, 0.5) is 0 Å². The number of carbonyl (C=O) groups is 1. The fourth-order valence-corrected chi connectivity index (χ4v) is 5.99. The van der Waals surface area contributed by atoms with Gasteiger partial charge in [0.15, 0.2) is 5.78 Å². The molecule has 27 heavy (non-hydrogen) atoms. The normalized spacial score (nSPS) is 37.3. The molecule has 0 amide bonds. The summed E-state index contributed by atoms with van der Waals surface area (Å²) < 4.78 is 0. The number of fused-ring (bicyclic) bond motifs is 1. The van der Waals surface area contributed by atoms with E-state index in [1.54, 1.807) is 5.57 Å². The largest absolute Gasteiger partial charge is 0.295 e. The van der Waals surface area contributed by atoms with Crippen LogP contribution in [0.2, 0.25) is 0 Å². The molecule has 4 aliphatic carbocycles. The van der Waals surface area contributed by atoms with Crippen LogP contribution < -0.4 is 0 Å². The smallest absolute Gasteiger partial charge is 0.158 e. The Morgan fingerprint density at radius 3 is 2.67 bits per heavy atom. The summed E-state index contributed by atoms with van der Waals surface area (Å²) in [6.45, 7) is 6.82. The van der Waals surface area contributed by atoms with E-state index in [0.29, 0.717) is 17.1 Å². The van der Waals surface area contributed by atoms with Gasteiger partial charge in [-0.15, -0.1) is 0 Å². The molecule has 4 fully saturated rings. The van der Waals surface area contributed by atoms with Crippen molar-refractivity contribution in [1.29, 1.82) is 0 Å². The van der Waals surface area contributed by atoms with Gasteiger partial charge in [-0.1, -0.05) is 42.9 Å². The molecule has 0 heterocycles. The van der Waals surface area contributed by atoms with Crippen molar-refractivity contribution in [3.63, 3.8) is 0 Å². The highest BCUT2D eigenvalue weighted by molar-refractivity contribution is 5.93. The first kappa shape index (κ1) is 19.0. The second-order valence-corrected chi connectivity index (χ2v) is 9.75. The van der Waals surface area contributed by atoms with E-state index in [1.807, 2.05) is 6.08 Å². The Morgan fingerprint density at radius 2 is 1.89 bits per heavy atom. The minimum Gasteiger partial charge on any atom is -0.295 e. The zero-order chi connectivity index (χ0) is 18.9. The highest BCUT2D eigenvalue weighted by atomic mass is 16.1. The first-order valence-corrected chi connectivity index (χ1v) is 11.4. The summed E-state index contributed by atoms with van der Waals surface area (Å²) in [5, 5.41) is 0. The molecule has 0 radical (unpaired) electrons. The molecule has 4 saturated carbocycles. The molecule has 3 atom stereocenters. The molecular weight excluding hydrogens is 328 g/mol. The average molecular weight is 365 g/mol. The number of carbonyl (C=O) groups excluding carboxylic acids is 1. The Hall–Kier alpha value is -1.37. The number of hydrogen-bond donors (Lipinski definition) is 0. The SMILES string of the molecule is C=C1CCCC/C1=C/C=C1\CCC[C@]2(C)[C@@H](C/C=C/C(=O)C3CC3)CC[C@@H]12. The molecular formula is C26H36O. The van der Waals surface area contributed by atoms with Crippen LogP contribution in [0.25, 0.3) is 0 Å². The fraction of sp³-hybridized carbons (Fsp3) is 0.654. The Bertz CT molecular complexity index is 687. The van der Waals surface area contributed by atoms with Crippen LogP contribution in [0.1, 0.15) is 84.0 Å². The Kier molecular flexibility index (Phi) is 5.58. The zero-order valence-corrected chi connectivity index (χ0v) is 17.1. The van der Waals surface area contributed by atoms with E-state index in [4.69, 9.17) is 0 Å². The van der Waals surface area contributed by atoms with Crippen molar-refractivity contribution < 1.29 is 4.79 Å². The van der Waals surface area contributed by atoms with Crippen LogP contribution in [-0.2, 0) is 4.79 Å². The summed E-state index contributed by atoms with van der Waals surface area (Å²) in [6, 6.07) is 0. The third-order valence-corrected chi connectivity index (χ3v) is 7.97. The number of rotatable bonds is 5. The molecule has 0 aromatic carbocycles. The zero-order valence-electron chi connectivity index (χ0n) is 17.1. The van der Waals surface area contributed by atoms with Crippen molar-refractivity contribution in [1.82, 2.24) is 0 Å². The quantitative estimate of drug-likeness (QED) is 0.475. The summed E-state index contributed by atoms with van der Waals surface area (Å²) in [5.41, 5.74) is 4.98. The van der Waals surface area contributed by atoms with E-state index < -0.39 is 0 Å². The van der Waals surface area contributed by atoms with Gasteiger partial charge in [-0.25, -0.2) is 0 Å². The number of hydrogen-bond acceptors (Lipinski definition) is 1. The van der Waals surface area contributed by atoms with Crippen LogP contribution >= 0.6 is 0 Å². The van der Waals surface area contributed by atoms with Gasteiger partial charge < -0.3 is 0 Å². The predicted molar refractivity (Wildman–Crippen MR) is 113 cm³/mol. The number of ketones is 1. The molecule has 4 rings (SSSR count). The van der Waals surface area contributed by atoms with Gasteiger partial charge in [0.2, 0.25) is 0 Å². The van der Waals surface area contributed by atoms with Crippen molar-refractivity contribution in [3.05, 3.63) is 47.6 Å². The first-order chi connectivity index (χ1) is 13.1. The van der Waals surface area contributed by atoms with Gasteiger partial charge in [0.1, 0.15) is 0 Å². The van der Waals surface area contributed by atoms with Gasteiger partial charge in [-0.05, 0) is 106 Å². The van der Waals surface area contributed by atoms with Crippen molar-refractivity contribution in [3.8, 4) is 0 Å². The van der Waals surface area contributed by atoms with Gasteiger partial charge in [-0.2, -0.15) is 0 Å². The topological polar surface area (TPSA) is 17.1 Å². The molecule has 146 valence electrons. The summed E-state index contributed by atoms with van der Waals surface area (Å²) >= 11 is 0. The maximum Gasteiger partial charge on any atom is 0.158 e. The maximum absolute atomic E-state index is 11.9. The fourth-order valence-electron chi connectivity index (χ4n) is 5.99. The lowest BCUT2D eigenvalue weighted by Gasteiger charge is -2.42. The maximum atomic E-state index is 11.9. The summed E-state index contributed by atoms with van der Waals surface area (Å²) in [6.07, 6.45) is 23.9. The van der Waals surface area contributed by atoms with E-state index in [-0.39, 0.29) is 0 Å². The standard InChI is InChI=1S/C26H36O/c1-19-7-3-4-8-20(19)12-13-21-9-6-18-26(2)23(16-17-24(21)26)10-5-11-25(27)22-14-15-22/h5,11-13,22-24H,1,3-4,6-10,14-18H2,2H3/b11-5+,20-12-,21-13+/t23-,24-,26+/m0/s1. The summed E-state index contributed by atoms with van der Waals surface area (Å²) in [7, 11) is 0. The lowest BCUT2D eigenvalue weighted by Crippen LogP contribution is -2.33. The van der Waals surface area contributed by atoms with Gasteiger partial charge in [0, 0.05) is 5.92 Å². The molecule has 0 aliphatic heterocycles. The van der Waals surface area contributed by atoms with E-state index >= 15 is 0 Å². The van der Waals surface area contributed by atoms with E-state index in [0.717, 1.165) is 31.1 Å². The average Bonchev–Trinajstić information content (AvgIpc) is 3.45. The van der Waals surface area contributed by atoms with E-state index in [2.05, 4.69) is 31.7 Å². The van der Waals surface area contributed by atoms with Gasteiger partial charge in [0.25, 0.3) is 0 Å². The van der Waals surface area contributed by atoms with Gasteiger partial charge in [-0.3, -0.25) is 4.79 Å². The molecule has 0 bridgehead atoms. The van der Waals surface area contributed by atoms with Crippen molar-refractivity contribution in [2.45, 2.75) is 84.0 Å². The van der Waals surface area contributed by atoms with Crippen molar-refractivity contribution >= 4 is 5.78 Å². The highest BCUT2D eigenvalue weighted by Gasteiger charge is 2.48. The van der Waals surface area contributed by atoms with E-state index in [1.165, 1.54) is 68.9 Å². The van der Waals surface area contributed by atoms with Crippen LogP contribution in [0, 0.1) is 23.2 Å². The summed E-state index contributed by atoms with van der Waals surface area (Å²) in [5.74, 6) is 2.22.